The lowest BCUT2D eigenvalue weighted by Gasteiger charge is -2.52. The Labute approximate surface area is 114 Å². The fraction of sp³-hybridized carbons (Fsp3) is 1.00. The van der Waals surface area contributed by atoms with Gasteiger partial charge in [-0.15, -0.1) is 0 Å². The Morgan fingerprint density at radius 2 is 1.67 bits per heavy atom. The highest BCUT2D eigenvalue weighted by molar-refractivity contribution is 5.00. The molecule has 0 saturated heterocycles. The van der Waals surface area contributed by atoms with E-state index in [1.165, 1.54) is 19.3 Å². The van der Waals surface area contributed by atoms with Crippen molar-refractivity contribution in [2.24, 2.45) is 11.1 Å². The van der Waals surface area contributed by atoms with Crippen molar-refractivity contribution < 1.29 is 0 Å². The SMILES string of the molecule is CC(N)C(N(C)CC1(N(C)C)CCC1)C(C)(C)C. The van der Waals surface area contributed by atoms with Gasteiger partial charge in [0.15, 0.2) is 0 Å². The van der Waals surface area contributed by atoms with Crippen LogP contribution < -0.4 is 5.73 Å². The van der Waals surface area contributed by atoms with E-state index in [0.717, 1.165) is 6.54 Å². The molecule has 3 heteroatoms. The number of likely N-dealkylation sites (N-methyl/N-ethyl adjacent to an activating group) is 2. The second-order valence-electron chi connectivity index (χ2n) is 7.56. The molecule has 1 rings (SSSR count). The van der Waals surface area contributed by atoms with Crippen molar-refractivity contribution in [3.05, 3.63) is 0 Å². The van der Waals surface area contributed by atoms with E-state index in [0.29, 0.717) is 11.6 Å². The number of rotatable bonds is 5. The van der Waals surface area contributed by atoms with Gasteiger partial charge in [-0.1, -0.05) is 20.8 Å². The average molecular weight is 255 g/mol. The molecule has 0 heterocycles. The summed E-state index contributed by atoms with van der Waals surface area (Å²) in [6.07, 6.45) is 4.00. The summed E-state index contributed by atoms with van der Waals surface area (Å²) >= 11 is 0. The van der Waals surface area contributed by atoms with Crippen molar-refractivity contribution >= 4 is 0 Å². The molecule has 1 saturated carbocycles. The third-order valence-corrected chi connectivity index (χ3v) is 4.64. The Kier molecular flexibility index (Phi) is 4.85. The van der Waals surface area contributed by atoms with Gasteiger partial charge in [0.25, 0.3) is 0 Å². The van der Waals surface area contributed by atoms with Crippen LogP contribution in [0.3, 0.4) is 0 Å². The molecule has 0 aromatic heterocycles. The first-order chi connectivity index (χ1) is 8.10. The molecular weight excluding hydrogens is 222 g/mol. The second-order valence-corrected chi connectivity index (χ2v) is 7.56. The quantitative estimate of drug-likeness (QED) is 0.817. The van der Waals surface area contributed by atoms with Crippen LogP contribution in [0.25, 0.3) is 0 Å². The Balaban J connectivity index is 2.76. The highest BCUT2D eigenvalue weighted by Gasteiger charge is 2.42. The van der Waals surface area contributed by atoms with E-state index < -0.39 is 0 Å². The summed E-state index contributed by atoms with van der Waals surface area (Å²) in [5.74, 6) is 0. The molecule has 2 unspecified atom stereocenters. The highest BCUT2D eigenvalue weighted by atomic mass is 15.2. The van der Waals surface area contributed by atoms with Gasteiger partial charge in [0.1, 0.15) is 0 Å². The van der Waals surface area contributed by atoms with Crippen molar-refractivity contribution in [2.45, 2.75) is 64.6 Å². The van der Waals surface area contributed by atoms with Crippen molar-refractivity contribution in [1.82, 2.24) is 9.80 Å². The molecule has 2 N–H and O–H groups in total. The summed E-state index contributed by atoms with van der Waals surface area (Å²) in [6.45, 7) is 10.1. The van der Waals surface area contributed by atoms with Gasteiger partial charge in [0, 0.05) is 24.2 Å². The van der Waals surface area contributed by atoms with Crippen molar-refractivity contribution in [1.29, 1.82) is 0 Å². The van der Waals surface area contributed by atoms with Gasteiger partial charge < -0.3 is 10.6 Å². The van der Waals surface area contributed by atoms with Crippen LogP contribution in [0.4, 0.5) is 0 Å². The minimum atomic E-state index is 0.203. The third-order valence-electron chi connectivity index (χ3n) is 4.64. The van der Waals surface area contributed by atoms with Crippen LogP contribution >= 0.6 is 0 Å². The third kappa shape index (κ3) is 3.25. The van der Waals surface area contributed by atoms with Crippen LogP contribution in [0.2, 0.25) is 0 Å². The van der Waals surface area contributed by atoms with E-state index in [4.69, 9.17) is 5.73 Å². The van der Waals surface area contributed by atoms with Crippen molar-refractivity contribution in [2.75, 3.05) is 27.7 Å². The zero-order chi connectivity index (χ0) is 14.1. The Morgan fingerprint density at radius 1 is 1.17 bits per heavy atom. The Hall–Kier alpha value is -0.120. The molecule has 0 spiro atoms. The predicted molar refractivity (Wildman–Crippen MR) is 79.8 cm³/mol. The molecule has 1 aliphatic carbocycles. The van der Waals surface area contributed by atoms with Crippen molar-refractivity contribution in [3.63, 3.8) is 0 Å². The molecule has 3 nitrogen and oxygen atoms in total. The summed E-state index contributed by atoms with van der Waals surface area (Å²) in [7, 11) is 6.67. The van der Waals surface area contributed by atoms with E-state index in [1.54, 1.807) is 0 Å². The van der Waals surface area contributed by atoms with E-state index in [-0.39, 0.29) is 11.5 Å². The molecule has 0 aromatic carbocycles. The summed E-state index contributed by atoms with van der Waals surface area (Å²) in [4.78, 5) is 4.90. The van der Waals surface area contributed by atoms with Crippen LogP contribution in [-0.4, -0.2) is 55.1 Å². The fourth-order valence-corrected chi connectivity index (χ4v) is 3.75. The Morgan fingerprint density at radius 3 is 1.89 bits per heavy atom. The maximum atomic E-state index is 6.22. The largest absolute Gasteiger partial charge is 0.327 e. The van der Waals surface area contributed by atoms with Crippen LogP contribution in [0, 0.1) is 5.41 Å². The van der Waals surface area contributed by atoms with Gasteiger partial charge in [-0.3, -0.25) is 4.90 Å². The van der Waals surface area contributed by atoms with Gasteiger partial charge in [0.2, 0.25) is 0 Å². The zero-order valence-corrected chi connectivity index (χ0v) is 13.5. The smallest absolute Gasteiger partial charge is 0.0330 e. The molecule has 1 aliphatic rings. The lowest BCUT2D eigenvalue weighted by Crippen LogP contribution is -2.61. The number of hydrogen-bond acceptors (Lipinski definition) is 3. The van der Waals surface area contributed by atoms with E-state index in [2.05, 4.69) is 58.6 Å². The number of nitrogens with two attached hydrogens (primary N) is 1. The maximum absolute atomic E-state index is 6.22. The molecule has 2 atom stereocenters. The minimum Gasteiger partial charge on any atom is -0.327 e. The first kappa shape index (κ1) is 15.9. The zero-order valence-electron chi connectivity index (χ0n) is 13.5. The van der Waals surface area contributed by atoms with E-state index in [9.17, 15) is 0 Å². The molecule has 108 valence electrons. The predicted octanol–water partition coefficient (Wildman–Crippen LogP) is 2.16. The standard InChI is InChI=1S/C15H33N3/c1-12(16)13(14(2,3)4)18(7)11-15(17(5)6)9-8-10-15/h12-13H,8-11,16H2,1-7H3. The van der Waals surface area contributed by atoms with Crippen LogP contribution in [0.1, 0.15) is 47.0 Å². The first-order valence-electron chi connectivity index (χ1n) is 7.23. The molecule has 0 aromatic rings. The molecule has 0 bridgehead atoms. The highest BCUT2D eigenvalue weighted by Crippen LogP contribution is 2.38. The van der Waals surface area contributed by atoms with Crippen LogP contribution in [0.5, 0.6) is 0 Å². The van der Waals surface area contributed by atoms with Crippen molar-refractivity contribution in [3.8, 4) is 0 Å². The summed E-state index contributed by atoms with van der Waals surface area (Å²) in [5, 5.41) is 0. The normalized spacial score (nSPS) is 23.0. The molecule has 0 amide bonds. The molecule has 18 heavy (non-hydrogen) atoms. The minimum absolute atomic E-state index is 0.203. The molecule has 0 radical (unpaired) electrons. The fourth-order valence-electron chi connectivity index (χ4n) is 3.75. The number of nitrogens with zero attached hydrogens (tertiary/aromatic N) is 2. The topological polar surface area (TPSA) is 32.5 Å². The van der Waals surface area contributed by atoms with Gasteiger partial charge in [-0.25, -0.2) is 0 Å². The van der Waals surface area contributed by atoms with Gasteiger partial charge >= 0.3 is 0 Å². The average Bonchev–Trinajstić information content (AvgIpc) is 2.07. The number of hydrogen-bond donors (Lipinski definition) is 1. The maximum Gasteiger partial charge on any atom is 0.0330 e. The van der Waals surface area contributed by atoms with E-state index in [1.807, 2.05) is 0 Å². The van der Waals surface area contributed by atoms with Gasteiger partial charge in [-0.2, -0.15) is 0 Å². The van der Waals surface area contributed by atoms with E-state index >= 15 is 0 Å². The lowest BCUT2D eigenvalue weighted by molar-refractivity contribution is -0.00603. The summed E-state index contributed by atoms with van der Waals surface area (Å²) in [6, 6.07) is 0.629. The lowest BCUT2D eigenvalue weighted by atomic mass is 9.74. The second kappa shape index (κ2) is 5.48. The monoisotopic (exact) mass is 255 g/mol. The summed E-state index contributed by atoms with van der Waals surface area (Å²) in [5.41, 5.74) is 6.83. The molecular formula is C15H33N3. The van der Waals surface area contributed by atoms with Crippen LogP contribution in [-0.2, 0) is 0 Å². The Bertz CT molecular complexity index is 261. The van der Waals surface area contributed by atoms with Crippen LogP contribution in [0.15, 0.2) is 0 Å². The molecule has 1 fully saturated rings. The van der Waals surface area contributed by atoms with Gasteiger partial charge in [0.05, 0.1) is 0 Å². The van der Waals surface area contributed by atoms with Gasteiger partial charge in [-0.05, 0) is 52.7 Å². The first-order valence-corrected chi connectivity index (χ1v) is 7.23. The summed E-state index contributed by atoms with van der Waals surface area (Å²) < 4.78 is 0. The molecule has 0 aliphatic heterocycles.